The number of halogens is 1. The Hall–Kier alpha value is -1.42. The number of ketones is 1. The molecule has 1 saturated heterocycles. The molecule has 0 saturated carbocycles. The van der Waals surface area contributed by atoms with Crippen LogP contribution in [0.15, 0.2) is 18.2 Å². The summed E-state index contributed by atoms with van der Waals surface area (Å²) in [5, 5.41) is 3.28. The lowest BCUT2D eigenvalue weighted by Crippen LogP contribution is -2.42. The standard InChI is InChI=1S/C16H22FNO2/c1-3-16(7-9-18-10-8-16)14(19)11-12-5-4-6-13(20-2)15(12)17/h4-6,18H,3,7-11H2,1-2H3. The smallest absolute Gasteiger partial charge is 0.168 e. The van der Waals surface area contributed by atoms with Crippen LogP contribution in [0.3, 0.4) is 0 Å². The first-order valence-corrected chi connectivity index (χ1v) is 7.18. The molecule has 0 aliphatic carbocycles. The van der Waals surface area contributed by atoms with Crippen molar-refractivity contribution >= 4 is 5.78 Å². The summed E-state index contributed by atoms with van der Waals surface area (Å²) in [6.45, 7) is 3.77. The minimum atomic E-state index is -0.413. The van der Waals surface area contributed by atoms with Crippen LogP contribution >= 0.6 is 0 Å². The maximum Gasteiger partial charge on any atom is 0.168 e. The molecule has 1 aromatic carbocycles. The Labute approximate surface area is 119 Å². The molecule has 0 spiro atoms. The highest BCUT2D eigenvalue weighted by molar-refractivity contribution is 5.87. The van der Waals surface area contributed by atoms with Crippen LogP contribution in [-0.2, 0) is 11.2 Å². The lowest BCUT2D eigenvalue weighted by molar-refractivity contribution is -0.129. The van der Waals surface area contributed by atoms with Crippen LogP contribution in [0.2, 0.25) is 0 Å². The number of ether oxygens (including phenoxy) is 1. The molecule has 2 rings (SSSR count). The fraction of sp³-hybridized carbons (Fsp3) is 0.562. The average molecular weight is 279 g/mol. The Morgan fingerprint density at radius 1 is 1.40 bits per heavy atom. The van der Waals surface area contributed by atoms with Gasteiger partial charge in [-0.3, -0.25) is 4.79 Å². The molecule has 4 heteroatoms. The highest BCUT2D eigenvalue weighted by atomic mass is 19.1. The molecule has 1 aliphatic rings. The molecule has 0 aromatic heterocycles. The van der Waals surface area contributed by atoms with Crippen LogP contribution < -0.4 is 10.1 Å². The summed E-state index contributed by atoms with van der Waals surface area (Å²) in [6.07, 6.45) is 2.65. The van der Waals surface area contributed by atoms with E-state index < -0.39 is 5.82 Å². The number of piperidine rings is 1. The van der Waals surface area contributed by atoms with Crippen LogP contribution in [0.1, 0.15) is 31.7 Å². The second kappa shape index (κ2) is 6.35. The summed E-state index contributed by atoms with van der Waals surface area (Å²) >= 11 is 0. The van der Waals surface area contributed by atoms with E-state index in [0.717, 1.165) is 32.4 Å². The van der Waals surface area contributed by atoms with Crippen molar-refractivity contribution in [2.24, 2.45) is 5.41 Å². The van der Waals surface area contributed by atoms with Gasteiger partial charge in [-0.15, -0.1) is 0 Å². The third kappa shape index (κ3) is 2.85. The van der Waals surface area contributed by atoms with Gasteiger partial charge in [-0.25, -0.2) is 4.39 Å². The molecule has 110 valence electrons. The quantitative estimate of drug-likeness (QED) is 0.900. The third-order valence-corrected chi connectivity index (χ3v) is 4.44. The zero-order chi connectivity index (χ0) is 14.6. The molecule has 0 bridgehead atoms. The monoisotopic (exact) mass is 279 g/mol. The van der Waals surface area contributed by atoms with Crippen molar-refractivity contribution in [3.63, 3.8) is 0 Å². The molecule has 3 nitrogen and oxygen atoms in total. The van der Waals surface area contributed by atoms with E-state index in [1.807, 2.05) is 6.92 Å². The maximum absolute atomic E-state index is 14.1. The highest BCUT2D eigenvalue weighted by Gasteiger charge is 2.37. The first-order chi connectivity index (χ1) is 9.63. The second-order valence-electron chi connectivity index (χ2n) is 5.42. The van der Waals surface area contributed by atoms with Crippen molar-refractivity contribution in [2.75, 3.05) is 20.2 Å². The van der Waals surface area contributed by atoms with E-state index in [4.69, 9.17) is 4.74 Å². The topological polar surface area (TPSA) is 38.3 Å². The van der Waals surface area contributed by atoms with Crippen molar-refractivity contribution in [3.8, 4) is 5.75 Å². The van der Waals surface area contributed by atoms with Crippen molar-refractivity contribution in [1.29, 1.82) is 0 Å². The van der Waals surface area contributed by atoms with Gasteiger partial charge in [0.15, 0.2) is 11.6 Å². The Morgan fingerprint density at radius 2 is 2.10 bits per heavy atom. The second-order valence-corrected chi connectivity index (χ2v) is 5.42. The van der Waals surface area contributed by atoms with Crippen LogP contribution in [0.5, 0.6) is 5.75 Å². The minimum Gasteiger partial charge on any atom is -0.494 e. The van der Waals surface area contributed by atoms with Crippen LogP contribution in [-0.4, -0.2) is 26.0 Å². The van der Waals surface area contributed by atoms with E-state index in [-0.39, 0.29) is 23.4 Å². The molecule has 0 atom stereocenters. The highest BCUT2D eigenvalue weighted by Crippen LogP contribution is 2.35. The van der Waals surface area contributed by atoms with Crippen molar-refractivity contribution in [1.82, 2.24) is 5.32 Å². The molecule has 0 radical (unpaired) electrons. The molecule has 1 aromatic rings. The molecule has 20 heavy (non-hydrogen) atoms. The van der Waals surface area contributed by atoms with Crippen molar-refractivity contribution in [3.05, 3.63) is 29.6 Å². The molecule has 1 fully saturated rings. The number of hydrogen-bond acceptors (Lipinski definition) is 3. The van der Waals surface area contributed by atoms with Crippen molar-refractivity contribution in [2.45, 2.75) is 32.6 Å². The number of carbonyl (C=O) groups excluding carboxylic acids is 1. The number of Topliss-reactive ketones (excluding diaryl/α,β-unsaturated/α-hetero) is 1. The molecule has 0 unspecified atom stereocenters. The Bertz CT molecular complexity index is 481. The first-order valence-electron chi connectivity index (χ1n) is 7.18. The Kier molecular flexibility index (Phi) is 4.76. The number of benzene rings is 1. The average Bonchev–Trinajstić information content (AvgIpc) is 2.50. The van der Waals surface area contributed by atoms with Crippen LogP contribution in [0.4, 0.5) is 4.39 Å². The van der Waals surface area contributed by atoms with Gasteiger partial charge in [-0.1, -0.05) is 19.1 Å². The summed E-state index contributed by atoms with van der Waals surface area (Å²) in [6, 6.07) is 4.97. The molecule has 1 aliphatic heterocycles. The maximum atomic E-state index is 14.1. The minimum absolute atomic E-state index is 0.147. The summed E-state index contributed by atoms with van der Waals surface area (Å²) in [4.78, 5) is 12.6. The van der Waals surface area contributed by atoms with E-state index >= 15 is 0 Å². The van der Waals surface area contributed by atoms with Crippen molar-refractivity contribution < 1.29 is 13.9 Å². The van der Waals surface area contributed by atoms with Gasteiger partial charge in [0.25, 0.3) is 0 Å². The number of carbonyl (C=O) groups is 1. The molecular formula is C16H22FNO2. The summed E-state index contributed by atoms with van der Waals surface area (Å²) in [5.74, 6) is -0.0663. The number of methoxy groups -OCH3 is 1. The SMILES string of the molecule is CCC1(C(=O)Cc2cccc(OC)c2F)CCNCC1. The lowest BCUT2D eigenvalue weighted by atomic mass is 9.71. The van der Waals surface area contributed by atoms with Crippen LogP contribution in [0.25, 0.3) is 0 Å². The summed E-state index contributed by atoms with van der Waals surface area (Å²) < 4.78 is 19.1. The van der Waals surface area contributed by atoms with Gasteiger partial charge in [-0.2, -0.15) is 0 Å². The zero-order valence-electron chi connectivity index (χ0n) is 12.2. The molecule has 1 N–H and O–H groups in total. The first kappa shape index (κ1) is 15.0. The predicted octanol–water partition coefficient (Wildman–Crippen LogP) is 2.73. The number of hydrogen-bond donors (Lipinski definition) is 1. The Morgan fingerprint density at radius 3 is 2.70 bits per heavy atom. The Balaban J connectivity index is 2.18. The van der Waals surface area contributed by atoms with E-state index in [0.29, 0.717) is 5.56 Å². The largest absolute Gasteiger partial charge is 0.494 e. The van der Waals surface area contributed by atoms with E-state index in [1.165, 1.54) is 7.11 Å². The lowest BCUT2D eigenvalue weighted by Gasteiger charge is -2.35. The van der Waals surface area contributed by atoms with Gasteiger partial charge in [-0.05, 0) is 44.0 Å². The number of nitrogens with one attached hydrogen (secondary N) is 1. The molecule has 1 heterocycles. The summed E-state index contributed by atoms with van der Waals surface area (Å²) in [5.41, 5.74) is 0.140. The van der Waals surface area contributed by atoms with Crippen LogP contribution in [0, 0.1) is 11.2 Å². The van der Waals surface area contributed by atoms with Gasteiger partial charge in [0, 0.05) is 11.8 Å². The van der Waals surface area contributed by atoms with Gasteiger partial charge in [0.1, 0.15) is 5.78 Å². The van der Waals surface area contributed by atoms with E-state index in [1.54, 1.807) is 18.2 Å². The summed E-state index contributed by atoms with van der Waals surface area (Å²) in [7, 11) is 1.43. The van der Waals surface area contributed by atoms with E-state index in [9.17, 15) is 9.18 Å². The fourth-order valence-corrected chi connectivity index (χ4v) is 2.95. The zero-order valence-corrected chi connectivity index (χ0v) is 12.2. The predicted molar refractivity (Wildman–Crippen MR) is 76.5 cm³/mol. The normalized spacial score (nSPS) is 17.8. The van der Waals surface area contributed by atoms with Gasteiger partial charge in [0.05, 0.1) is 7.11 Å². The molecule has 0 amide bonds. The third-order valence-electron chi connectivity index (χ3n) is 4.44. The number of rotatable bonds is 5. The van der Waals surface area contributed by atoms with Gasteiger partial charge in [0.2, 0.25) is 0 Å². The van der Waals surface area contributed by atoms with Gasteiger partial charge < -0.3 is 10.1 Å². The van der Waals surface area contributed by atoms with Gasteiger partial charge >= 0.3 is 0 Å². The molecular weight excluding hydrogens is 257 g/mol. The van der Waals surface area contributed by atoms with E-state index in [2.05, 4.69) is 5.32 Å². The fourth-order valence-electron chi connectivity index (χ4n) is 2.95.